The predicted molar refractivity (Wildman–Crippen MR) is 126 cm³/mol. The van der Waals surface area contributed by atoms with Crippen molar-refractivity contribution < 1.29 is 13.2 Å². The van der Waals surface area contributed by atoms with Gasteiger partial charge in [-0.15, -0.1) is 0 Å². The van der Waals surface area contributed by atoms with Gasteiger partial charge >= 0.3 is 6.03 Å². The molecule has 0 atom stereocenters. The Kier molecular flexibility index (Phi) is 11.9. The maximum Gasteiger partial charge on any atom is 0.315 e. The van der Waals surface area contributed by atoms with Gasteiger partial charge in [0.1, 0.15) is 0 Å². The Hall–Kier alpha value is -1.31. The number of amides is 2. The van der Waals surface area contributed by atoms with Crippen molar-refractivity contribution in [3.63, 3.8) is 0 Å². The molecule has 0 aromatic heterocycles. The van der Waals surface area contributed by atoms with Crippen molar-refractivity contribution in [3.05, 3.63) is 50.2 Å². The zero-order valence-corrected chi connectivity index (χ0v) is 19.8. The number of carbonyl (C=O) groups excluding carboxylic acids is 1. The molecule has 173 valence electrons. The lowest BCUT2D eigenvalue weighted by atomic mass is 9.97. The molecule has 6 nitrogen and oxygen atoms in total. The van der Waals surface area contributed by atoms with E-state index in [9.17, 15) is 13.2 Å². The third-order valence-corrected chi connectivity index (χ3v) is 7.99. The van der Waals surface area contributed by atoms with Gasteiger partial charge in [-0.1, -0.05) is 58.6 Å². The molecule has 2 aliphatic rings. The number of hydrogen-bond donors (Lipinski definition) is 2. The number of nitrogens with one attached hydrogen (secondary N) is 2. The van der Waals surface area contributed by atoms with E-state index in [4.69, 9.17) is 11.6 Å². The van der Waals surface area contributed by atoms with E-state index in [2.05, 4.69) is 10.6 Å². The third-order valence-electron chi connectivity index (χ3n) is 5.82. The summed E-state index contributed by atoms with van der Waals surface area (Å²) in [5, 5.41) is 6.53. The lowest BCUT2D eigenvalue weighted by Gasteiger charge is -2.31. The monoisotopic (exact) mass is 468 g/mol. The number of hydrogen-bond acceptors (Lipinski definition) is 3. The fraction of sp³-hybridized carbons (Fsp3) is 0.565. The normalized spacial score (nSPS) is 19.3. The van der Waals surface area contributed by atoms with Crippen LogP contribution in [0.15, 0.2) is 29.2 Å². The van der Waals surface area contributed by atoms with Gasteiger partial charge in [-0.2, -0.15) is 4.31 Å². The molecule has 1 aromatic carbocycles. The Morgan fingerprint density at radius 1 is 0.968 bits per heavy atom. The number of piperidine rings is 1. The summed E-state index contributed by atoms with van der Waals surface area (Å²) >= 11 is 5.85. The molecule has 1 saturated heterocycles. The molecule has 2 fully saturated rings. The molecule has 0 spiro atoms. The van der Waals surface area contributed by atoms with Gasteiger partial charge in [0.05, 0.1) is 10.9 Å². The summed E-state index contributed by atoms with van der Waals surface area (Å²) in [6, 6.07) is 7.30. The van der Waals surface area contributed by atoms with E-state index in [1.807, 2.05) is 0 Å². The summed E-state index contributed by atoms with van der Waals surface area (Å²) in [5.74, 6) is 0.291. The highest BCUT2D eigenvalue weighted by Crippen LogP contribution is 2.25. The number of sulfonamides is 1. The highest BCUT2D eigenvalue weighted by molar-refractivity contribution is 7.89. The van der Waals surface area contributed by atoms with Crippen molar-refractivity contribution in [3.8, 4) is 0 Å². The highest BCUT2D eigenvalue weighted by Gasteiger charge is 2.29. The largest absolute Gasteiger partial charge is 0.338 e. The number of halogens is 1. The van der Waals surface area contributed by atoms with Crippen LogP contribution in [0.2, 0.25) is 5.02 Å². The van der Waals surface area contributed by atoms with Gasteiger partial charge in [0.25, 0.3) is 0 Å². The molecule has 1 heterocycles. The van der Waals surface area contributed by atoms with Crippen LogP contribution in [-0.2, 0) is 10.0 Å². The Labute approximate surface area is 194 Å². The van der Waals surface area contributed by atoms with Crippen LogP contribution in [0.4, 0.5) is 4.79 Å². The first-order chi connectivity index (χ1) is 13.9. The van der Waals surface area contributed by atoms with Crippen LogP contribution in [0.1, 0.15) is 57.8 Å². The van der Waals surface area contributed by atoms with E-state index in [0.717, 1.165) is 44.6 Å². The maximum absolute atomic E-state index is 12.7. The smallest absolute Gasteiger partial charge is 0.315 e. The first kappa shape index (κ1) is 27.7. The number of benzene rings is 1. The number of nitrogens with zero attached hydrogens (tertiary/aromatic N) is 1. The van der Waals surface area contributed by atoms with E-state index in [1.54, 1.807) is 24.3 Å². The van der Waals surface area contributed by atoms with E-state index >= 15 is 0 Å². The molecule has 3 rings (SSSR count). The van der Waals surface area contributed by atoms with Gasteiger partial charge in [-0.3, -0.25) is 0 Å². The van der Waals surface area contributed by atoms with Gasteiger partial charge in [-0.25, -0.2) is 13.2 Å². The molecule has 0 bridgehead atoms. The Morgan fingerprint density at radius 2 is 1.52 bits per heavy atom. The van der Waals surface area contributed by atoms with E-state index in [-0.39, 0.29) is 25.8 Å². The average molecular weight is 469 g/mol. The second-order valence-electron chi connectivity index (χ2n) is 8.01. The minimum atomic E-state index is -3.49. The van der Waals surface area contributed by atoms with Gasteiger partial charge in [0.15, 0.2) is 0 Å². The predicted octanol–water partition coefficient (Wildman–Crippen LogP) is 4.97. The first-order valence-corrected chi connectivity index (χ1v) is 12.4. The Bertz CT molecular complexity index is 755. The molecular weight excluding hydrogens is 434 g/mol. The van der Waals surface area contributed by atoms with Crippen molar-refractivity contribution >= 4 is 27.7 Å². The van der Waals surface area contributed by atoms with Crippen LogP contribution in [0.25, 0.3) is 0 Å². The molecule has 1 aromatic rings. The number of rotatable bonds is 5. The second-order valence-corrected chi connectivity index (χ2v) is 10.4. The van der Waals surface area contributed by atoms with Crippen molar-refractivity contribution in [1.82, 2.24) is 14.9 Å². The number of carbonyl (C=O) groups is 1. The topological polar surface area (TPSA) is 78.5 Å². The fourth-order valence-electron chi connectivity index (χ4n) is 4.01. The lowest BCUT2D eigenvalue weighted by Crippen LogP contribution is -2.44. The SMILES string of the molecule is O=C(NCC1CCN(S(=O)(=O)c2ccc(Cl)cc2)CC1)N[C]1CCCCCCC1.[CH2].[CH2]. The highest BCUT2D eigenvalue weighted by atomic mass is 35.5. The quantitative estimate of drug-likeness (QED) is 0.640. The molecule has 2 N–H and O–H groups in total. The van der Waals surface area contributed by atoms with Crippen LogP contribution in [0, 0.1) is 26.8 Å². The summed E-state index contributed by atoms with van der Waals surface area (Å²) in [5.41, 5.74) is 0. The molecule has 5 radical (unpaired) electrons. The van der Waals surface area contributed by atoms with Crippen molar-refractivity contribution in [2.75, 3.05) is 19.6 Å². The summed E-state index contributed by atoms with van der Waals surface area (Å²) in [6.45, 7) is 1.51. The molecule has 1 aliphatic carbocycles. The zero-order chi connectivity index (χ0) is 20.7. The summed E-state index contributed by atoms with van der Waals surface area (Å²) in [6.07, 6.45) is 9.52. The van der Waals surface area contributed by atoms with Gasteiger partial charge < -0.3 is 10.6 Å². The van der Waals surface area contributed by atoms with E-state index < -0.39 is 10.0 Å². The van der Waals surface area contributed by atoms with Crippen molar-refractivity contribution in [2.24, 2.45) is 5.92 Å². The second kappa shape index (κ2) is 13.3. The minimum absolute atomic E-state index is 0. The molecule has 2 amide bonds. The molecule has 8 heteroatoms. The Balaban J connectivity index is 0.00000240. The van der Waals surface area contributed by atoms with Crippen LogP contribution in [0.5, 0.6) is 0 Å². The van der Waals surface area contributed by atoms with Crippen molar-refractivity contribution in [1.29, 1.82) is 0 Å². The molecule has 1 saturated carbocycles. The molecular formula is C23H35ClN3O3S. The molecule has 31 heavy (non-hydrogen) atoms. The summed E-state index contributed by atoms with van der Waals surface area (Å²) in [4.78, 5) is 12.5. The standard InChI is InChI=1S/C21H31ClN3O3S.2CH2/c22-18-8-10-20(11-9-18)29(27,28)25-14-12-17(13-15-25)16-23-21(26)24-19-6-4-2-1-3-5-7-19;;/h8-11,17H,1-7,12-16H2,(H2,23,24,26);2*1H2. The van der Waals surface area contributed by atoms with E-state index in [1.165, 1.54) is 23.6 Å². The van der Waals surface area contributed by atoms with Gasteiger partial charge in [0.2, 0.25) is 10.0 Å². The van der Waals surface area contributed by atoms with Crippen LogP contribution in [-0.4, -0.2) is 38.4 Å². The first-order valence-electron chi connectivity index (χ1n) is 10.6. The van der Waals surface area contributed by atoms with Gasteiger partial charge in [-0.05, 0) is 55.9 Å². The van der Waals surface area contributed by atoms with Gasteiger partial charge in [0, 0.05) is 24.7 Å². The minimum Gasteiger partial charge on any atom is -0.338 e. The molecule has 1 aliphatic heterocycles. The number of urea groups is 1. The zero-order valence-electron chi connectivity index (χ0n) is 18.2. The van der Waals surface area contributed by atoms with Crippen LogP contribution < -0.4 is 10.6 Å². The fourth-order valence-corrected chi connectivity index (χ4v) is 5.60. The van der Waals surface area contributed by atoms with Crippen LogP contribution in [0.3, 0.4) is 0 Å². The van der Waals surface area contributed by atoms with Crippen molar-refractivity contribution in [2.45, 2.75) is 62.7 Å². The lowest BCUT2D eigenvalue weighted by molar-refractivity contribution is 0.230. The average Bonchev–Trinajstić information content (AvgIpc) is 2.69. The Morgan fingerprint density at radius 3 is 2.10 bits per heavy atom. The van der Waals surface area contributed by atoms with E-state index in [0.29, 0.717) is 30.6 Å². The maximum atomic E-state index is 12.7. The summed E-state index contributed by atoms with van der Waals surface area (Å²) in [7, 11) is -3.49. The molecule has 0 unspecified atom stereocenters. The third kappa shape index (κ3) is 8.28. The van der Waals surface area contributed by atoms with Crippen LogP contribution >= 0.6 is 11.6 Å². The summed E-state index contributed by atoms with van der Waals surface area (Å²) < 4.78 is 27.0.